The van der Waals surface area contributed by atoms with Crippen molar-refractivity contribution in [2.75, 3.05) is 11.9 Å². The SMILES string of the molecule is CCCn1ncc(NCC(C(C)C)C(C)C)c(Cl)c1=O. The number of anilines is 1. The molecule has 0 spiro atoms. The average Bonchev–Trinajstić information content (AvgIpc) is 2.37. The molecule has 0 aliphatic rings. The van der Waals surface area contributed by atoms with Crippen molar-refractivity contribution in [1.29, 1.82) is 0 Å². The normalized spacial score (nSPS) is 11.7. The Labute approximate surface area is 126 Å². The number of rotatable bonds is 7. The molecule has 4 nitrogen and oxygen atoms in total. The molecule has 1 aromatic heterocycles. The van der Waals surface area contributed by atoms with E-state index in [0.717, 1.165) is 13.0 Å². The van der Waals surface area contributed by atoms with Crippen LogP contribution in [0.3, 0.4) is 0 Å². The molecule has 0 radical (unpaired) electrons. The summed E-state index contributed by atoms with van der Waals surface area (Å²) in [6, 6.07) is 0. The Bertz CT molecular complexity index is 474. The number of aryl methyl sites for hydroxylation is 1. The van der Waals surface area contributed by atoms with Gasteiger partial charge in [0.15, 0.2) is 0 Å². The van der Waals surface area contributed by atoms with Crippen molar-refractivity contribution >= 4 is 17.3 Å². The third kappa shape index (κ3) is 4.23. The molecule has 0 atom stereocenters. The van der Waals surface area contributed by atoms with Crippen LogP contribution in [0.15, 0.2) is 11.0 Å². The maximum Gasteiger partial charge on any atom is 0.287 e. The Balaban J connectivity index is 2.84. The lowest BCUT2D eigenvalue weighted by molar-refractivity contribution is 0.304. The van der Waals surface area contributed by atoms with Crippen LogP contribution < -0.4 is 10.9 Å². The Kier molecular flexibility index (Phi) is 6.53. The molecule has 20 heavy (non-hydrogen) atoms. The van der Waals surface area contributed by atoms with Gasteiger partial charge in [0.05, 0.1) is 11.9 Å². The topological polar surface area (TPSA) is 46.9 Å². The molecular weight excluding hydrogens is 274 g/mol. The number of aromatic nitrogens is 2. The first-order valence-electron chi connectivity index (χ1n) is 7.37. The Morgan fingerprint density at radius 1 is 1.30 bits per heavy atom. The first kappa shape index (κ1) is 17.0. The fourth-order valence-corrected chi connectivity index (χ4v) is 2.64. The molecule has 0 aliphatic heterocycles. The second kappa shape index (κ2) is 7.67. The summed E-state index contributed by atoms with van der Waals surface area (Å²) in [7, 11) is 0. The summed E-state index contributed by atoms with van der Waals surface area (Å²) in [4.78, 5) is 12.0. The predicted molar refractivity (Wildman–Crippen MR) is 85.5 cm³/mol. The summed E-state index contributed by atoms with van der Waals surface area (Å²) in [6.45, 7) is 12.3. The molecule has 1 aromatic rings. The number of hydrogen-bond acceptors (Lipinski definition) is 3. The molecule has 0 amide bonds. The largest absolute Gasteiger partial charge is 0.382 e. The van der Waals surface area contributed by atoms with Gasteiger partial charge in [-0.2, -0.15) is 5.10 Å². The molecule has 0 fully saturated rings. The van der Waals surface area contributed by atoms with Crippen molar-refractivity contribution in [1.82, 2.24) is 9.78 Å². The van der Waals surface area contributed by atoms with E-state index in [1.54, 1.807) is 6.20 Å². The van der Waals surface area contributed by atoms with Crippen molar-refractivity contribution in [3.8, 4) is 0 Å². The molecule has 0 saturated carbocycles. The van der Waals surface area contributed by atoms with Crippen molar-refractivity contribution in [2.24, 2.45) is 17.8 Å². The van der Waals surface area contributed by atoms with Crippen LogP contribution in [0.5, 0.6) is 0 Å². The highest BCUT2D eigenvalue weighted by Gasteiger charge is 2.18. The van der Waals surface area contributed by atoms with Crippen molar-refractivity contribution in [2.45, 2.75) is 47.6 Å². The fourth-order valence-electron chi connectivity index (χ4n) is 2.43. The van der Waals surface area contributed by atoms with Gasteiger partial charge in [-0.3, -0.25) is 4.79 Å². The second-order valence-corrected chi connectivity index (χ2v) is 6.31. The van der Waals surface area contributed by atoms with Gasteiger partial charge in [0, 0.05) is 13.1 Å². The van der Waals surface area contributed by atoms with E-state index < -0.39 is 0 Å². The third-order valence-electron chi connectivity index (χ3n) is 3.66. The van der Waals surface area contributed by atoms with Gasteiger partial charge in [-0.05, 0) is 24.2 Å². The highest BCUT2D eigenvalue weighted by Crippen LogP contribution is 2.22. The number of nitrogens with zero attached hydrogens (tertiary/aromatic N) is 2. The van der Waals surface area contributed by atoms with Crippen LogP contribution >= 0.6 is 11.6 Å². The summed E-state index contributed by atoms with van der Waals surface area (Å²) in [6.07, 6.45) is 2.51. The highest BCUT2D eigenvalue weighted by molar-refractivity contribution is 6.32. The van der Waals surface area contributed by atoms with Crippen LogP contribution in [0, 0.1) is 17.8 Å². The standard InChI is InChI=1S/C15H26ClN3O/c1-6-7-19-15(20)14(16)13(9-18-19)17-8-12(10(2)3)11(4)5/h9-12,17H,6-8H2,1-5H3. The number of halogens is 1. The molecule has 0 aromatic carbocycles. The molecule has 0 unspecified atom stereocenters. The number of hydrogen-bond donors (Lipinski definition) is 1. The summed E-state index contributed by atoms with van der Waals surface area (Å²) in [5.41, 5.74) is 0.416. The van der Waals surface area contributed by atoms with Crippen LogP contribution in [-0.2, 0) is 6.54 Å². The van der Waals surface area contributed by atoms with Crippen molar-refractivity contribution < 1.29 is 0 Å². The summed E-state index contributed by atoms with van der Waals surface area (Å²) >= 11 is 6.14. The minimum atomic E-state index is -0.218. The lowest BCUT2D eigenvalue weighted by Crippen LogP contribution is -2.27. The first-order chi connectivity index (χ1) is 9.38. The van der Waals surface area contributed by atoms with E-state index in [1.165, 1.54) is 4.68 Å². The zero-order chi connectivity index (χ0) is 15.3. The monoisotopic (exact) mass is 299 g/mol. The van der Waals surface area contributed by atoms with Gasteiger partial charge in [-0.25, -0.2) is 4.68 Å². The van der Waals surface area contributed by atoms with E-state index in [4.69, 9.17) is 11.6 Å². The maximum absolute atomic E-state index is 12.0. The maximum atomic E-state index is 12.0. The molecule has 1 heterocycles. The zero-order valence-electron chi connectivity index (χ0n) is 13.1. The van der Waals surface area contributed by atoms with E-state index in [2.05, 4.69) is 38.1 Å². The summed E-state index contributed by atoms with van der Waals surface area (Å²) < 4.78 is 1.41. The van der Waals surface area contributed by atoms with Gasteiger partial charge in [0.25, 0.3) is 5.56 Å². The van der Waals surface area contributed by atoms with Crippen LogP contribution in [0.1, 0.15) is 41.0 Å². The molecule has 0 saturated heterocycles. The molecule has 5 heteroatoms. The Morgan fingerprint density at radius 2 is 1.90 bits per heavy atom. The molecule has 0 bridgehead atoms. The highest BCUT2D eigenvalue weighted by atomic mass is 35.5. The molecule has 1 rings (SSSR count). The minimum absolute atomic E-state index is 0.218. The van der Waals surface area contributed by atoms with E-state index in [0.29, 0.717) is 30.0 Å². The molecule has 114 valence electrons. The lowest BCUT2D eigenvalue weighted by Gasteiger charge is -2.25. The van der Waals surface area contributed by atoms with Crippen LogP contribution in [0.25, 0.3) is 0 Å². The van der Waals surface area contributed by atoms with Gasteiger partial charge in [-0.15, -0.1) is 0 Å². The Morgan fingerprint density at radius 3 is 2.40 bits per heavy atom. The second-order valence-electron chi connectivity index (χ2n) is 5.93. The Hall–Kier alpha value is -1.03. The average molecular weight is 300 g/mol. The quantitative estimate of drug-likeness (QED) is 0.836. The summed E-state index contributed by atoms with van der Waals surface area (Å²) in [5, 5.41) is 7.67. The molecular formula is C15H26ClN3O. The van der Waals surface area contributed by atoms with E-state index >= 15 is 0 Å². The van der Waals surface area contributed by atoms with Gasteiger partial charge in [-0.1, -0.05) is 46.2 Å². The molecule has 1 N–H and O–H groups in total. The first-order valence-corrected chi connectivity index (χ1v) is 7.75. The van der Waals surface area contributed by atoms with E-state index in [1.807, 2.05) is 6.92 Å². The summed E-state index contributed by atoms with van der Waals surface area (Å²) in [5.74, 6) is 1.69. The lowest BCUT2D eigenvalue weighted by atomic mass is 9.85. The van der Waals surface area contributed by atoms with Gasteiger partial charge < -0.3 is 5.32 Å². The van der Waals surface area contributed by atoms with Crippen molar-refractivity contribution in [3.63, 3.8) is 0 Å². The zero-order valence-corrected chi connectivity index (χ0v) is 13.9. The fraction of sp³-hybridized carbons (Fsp3) is 0.733. The smallest absolute Gasteiger partial charge is 0.287 e. The van der Waals surface area contributed by atoms with Crippen LogP contribution in [-0.4, -0.2) is 16.3 Å². The van der Waals surface area contributed by atoms with E-state index in [-0.39, 0.29) is 10.6 Å². The van der Waals surface area contributed by atoms with Gasteiger partial charge in [0.2, 0.25) is 0 Å². The van der Waals surface area contributed by atoms with Crippen LogP contribution in [0.4, 0.5) is 5.69 Å². The third-order valence-corrected chi connectivity index (χ3v) is 4.03. The predicted octanol–water partition coefficient (Wildman–Crippen LogP) is 3.65. The van der Waals surface area contributed by atoms with Crippen LogP contribution in [0.2, 0.25) is 5.02 Å². The van der Waals surface area contributed by atoms with Gasteiger partial charge in [0.1, 0.15) is 5.02 Å². The molecule has 0 aliphatic carbocycles. The number of nitrogens with one attached hydrogen (secondary N) is 1. The van der Waals surface area contributed by atoms with Crippen molar-refractivity contribution in [3.05, 3.63) is 21.6 Å². The minimum Gasteiger partial charge on any atom is -0.382 e. The van der Waals surface area contributed by atoms with Gasteiger partial charge >= 0.3 is 0 Å². The van der Waals surface area contributed by atoms with E-state index in [9.17, 15) is 4.79 Å².